The van der Waals surface area contributed by atoms with Crippen molar-refractivity contribution in [3.8, 4) is 16.9 Å². The van der Waals surface area contributed by atoms with Crippen LogP contribution in [0.2, 0.25) is 5.02 Å². The van der Waals surface area contributed by atoms with Crippen LogP contribution >= 0.6 is 11.6 Å². The van der Waals surface area contributed by atoms with E-state index in [0.29, 0.717) is 64.5 Å². The van der Waals surface area contributed by atoms with Crippen LogP contribution in [0.25, 0.3) is 11.1 Å². The number of hydrogen-bond donors (Lipinski definition) is 1. The van der Waals surface area contributed by atoms with E-state index < -0.39 is 23.5 Å². The Morgan fingerprint density at radius 3 is 2.46 bits per heavy atom. The summed E-state index contributed by atoms with van der Waals surface area (Å²) in [6.45, 7) is 11.9. The van der Waals surface area contributed by atoms with Crippen molar-refractivity contribution in [2.24, 2.45) is 0 Å². The third-order valence-corrected chi connectivity index (χ3v) is 8.27. The summed E-state index contributed by atoms with van der Waals surface area (Å²) in [6, 6.07) is 8.49. The lowest BCUT2D eigenvalue weighted by Gasteiger charge is -2.30. The van der Waals surface area contributed by atoms with Gasteiger partial charge in [-0.05, 0) is 125 Å². The van der Waals surface area contributed by atoms with Crippen molar-refractivity contribution >= 4 is 29.2 Å². The molecule has 0 fully saturated rings. The second-order valence-corrected chi connectivity index (χ2v) is 12.3. The van der Waals surface area contributed by atoms with Crippen LogP contribution in [0.4, 0.5) is 10.1 Å². The van der Waals surface area contributed by atoms with E-state index >= 15 is 4.39 Å². The monoisotopic (exact) mass is 579 g/mol. The Hall–Kier alpha value is -3.42. The molecule has 0 saturated carbocycles. The molecule has 2 heterocycles. The van der Waals surface area contributed by atoms with Crippen LogP contribution in [0.15, 0.2) is 30.3 Å². The van der Waals surface area contributed by atoms with Gasteiger partial charge in [-0.15, -0.1) is 0 Å². The van der Waals surface area contributed by atoms with Crippen LogP contribution in [0.3, 0.4) is 0 Å². The number of ether oxygens (including phenoxy) is 2. The number of hydrogen-bond acceptors (Lipinski definition) is 4. The molecule has 1 amide bonds. The van der Waals surface area contributed by atoms with Crippen LogP contribution in [0, 0.1) is 26.6 Å². The Kier molecular flexibility index (Phi) is 7.64. The van der Waals surface area contributed by atoms with Crippen molar-refractivity contribution in [3.05, 3.63) is 80.1 Å². The smallest absolute Gasteiger partial charge is 0.337 e. The second kappa shape index (κ2) is 10.8. The van der Waals surface area contributed by atoms with Crippen molar-refractivity contribution in [1.29, 1.82) is 0 Å². The van der Waals surface area contributed by atoms with E-state index in [2.05, 4.69) is 0 Å². The fourth-order valence-electron chi connectivity index (χ4n) is 5.99. The molecule has 2 aliphatic rings. The lowest BCUT2D eigenvalue weighted by atomic mass is 9.83. The van der Waals surface area contributed by atoms with E-state index in [9.17, 15) is 14.7 Å². The molecular formula is C33H35ClFNO5. The Morgan fingerprint density at radius 2 is 1.80 bits per heavy atom. The summed E-state index contributed by atoms with van der Waals surface area (Å²) < 4.78 is 27.4. The highest BCUT2D eigenvalue weighted by Crippen LogP contribution is 2.48. The van der Waals surface area contributed by atoms with Crippen LogP contribution in [-0.2, 0) is 22.4 Å². The Bertz CT molecular complexity index is 1580. The first-order valence-corrected chi connectivity index (χ1v) is 14.3. The minimum absolute atomic E-state index is 0.177. The van der Waals surface area contributed by atoms with Gasteiger partial charge in [-0.25, -0.2) is 9.18 Å². The molecule has 0 radical (unpaired) electrons. The fourth-order valence-corrected chi connectivity index (χ4v) is 6.11. The van der Waals surface area contributed by atoms with Gasteiger partial charge in [-0.1, -0.05) is 11.6 Å². The molecule has 2 aliphatic heterocycles. The molecule has 0 aromatic heterocycles. The van der Waals surface area contributed by atoms with Crippen molar-refractivity contribution < 1.29 is 28.6 Å². The number of carboxylic acids is 1. The Labute approximate surface area is 245 Å². The van der Waals surface area contributed by atoms with E-state index in [4.69, 9.17) is 21.1 Å². The van der Waals surface area contributed by atoms with Crippen molar-refractivity contribution in [1.82, 2.24) is 0 Å². The topological polar surface area (TPSA) is 76.1 Å². The maximum atomic E-state index is 15.6. The van der Waals surface area contributed by atoms with Gasteiger partial charge >= 0.3 is 5.97 Å². The van der Waals surface area contributed by atoms with E-state index in [1.807, 2.05) is 26.8 Å². The molecule has 6 nitrogen and oxygen atoms in total. The summed E-state index contributed by atoms with van der Waals surface area (Å²) in [5.74, 6) is -1.53. The lowest BCUT2D eigenvalue weighted by molar-refractivity contribution is -0.160. The maximum Gasteiger partial charge on any atom is 0.337 e. The van der Waals surface area contributed by atoms with Crippen molar-refractivity contribution in [3.63, 3.8) is 0 Å². The number of benzene rings is 3. The number of fused-ring (bicyclic) bond motifs is 2. The third-order valence-electron chi connectivity index (χ3n) is 7.85. The first-order chi connectivity index (χ1) is 19.3. The number of carboxylic acid groups (broad SMARTS) is 1. The predicted octanol–water partition coefficient (Wildman–Crippen LogP) is 7.54. The molecule has 0 saturated heterocycles. The van der Waals surface area contributed by atoms with Crippen LogP contribution in [0.1, 0.15) is 77.0 Å². The molecule has 0 aliphatic carbocycles. The van der Waals surface area contributed by atoms with Crippen molar-refractivity contribution in [2.75, 3.05) is 18.1 Å². The predicted molar refractivity (Wildman–Crippen MR) is 158 cm³/mol. The van der Waals surface area contributed by atoms with Crippen LogP contribution in [-0.4, -0.2) is 35.7 Å². The molecule has 3 aromatic carbocycles. The van der Waals surface area contributed by atoms with Crippen molar-refractivity contribution in [2.45, 2.75) is 72.5 Å². The van der Waals surface area contributed by atoms with Gasteiger partial charge in [-0.3, -0.25) is 4.79 Å². The number of aryl methyl sites for hydroxylation is 2. The largest absolute Gasteiger partial charge is 0.490 e. The molecule has 5 rings (SSSR count). The standard InChI is InChI=1S/C33H35ClFNO5/c1-17-14-20(9-10-24(17)34)31(37)36-12-11-22-26(36)15-18(2)27(30(32(38)39)41-33(4,5)6)28(22)23-16-25(35)29-21(19(23)3)8-7-13-40-29/h9-10,14-16,30H,7-8,11-13H2,1-6H3,(H,38,39)/t30-/m0/s1. The number of rotatable bonds is 5. The summed E-state index contributed by atoms with van der Waals surface area (Å²) in [4.78, 5) is 28.2. The maximum absolute atomic E-state index is 15.6. The average molecular weight is 580 g/mol. The first kappa shape index (κ1) is 29.1. The molecule has 1 N–H and O–H groups in total. The Balaban J connectivity index is 1.77. The first-order valence-electron chi connectivity index (χ1n) is 13.9. The summed E-state index contributed by atoms with van der Waals surface area (Å²) in [5, 5.41) is 11.0. The number of amides is 1. The minimum atomic E-state index is -1.30. The summed E-state index contributed by atoms with van der Waals surface area (Å²) in [7, 11) is 0. The molecule has 0 unspecified atom stereocenters. The number of aliphatic carboxylic acids is 1. The minimum Gasteiger partial charge on any atom is -0.490 e. The molecule has 3 aromatic rings. The number of anilines is 1. The zero-order chi connectivity index (χ0) is 29.8. The zero-order valence-electron chi connectivity index (χ0n) is 24.3. The zero-order valence-corrected chi connectivity index (χ0v) is 25.0. The highest BCUT2D eigenvalue weighted by Gasteiger charge is 2.37. The number of halogens is 2. The van der Waals surface area contributed by atoms with E-state index in [1.165, 1.54) is 6.07 Å². The average Bonchev–Trinajstić information content (AvgIpc) is 3.32. The van der Waals surface area contributed by atoms with E-state index in [1.54, 1.807) is 43.9 Å². The number of carbonyl (C=O) groups excluding carboxylic acids is 1. The van der Waals surface area contributed by atoms with Gasteiger partial charge < -0.3 is 19.5 Å². The molecule has 0 bridgehead atoms. The molecule has 216 valence electrons. The Morgan fingerprint density at radius 1 is 1.07 bits per heavy atom. The van der Waals surface area contributed by atoms with Gasteiger partial charge in [-0.2, -0.15) is 0 Å². The van der Waals surface area contributed by atoms with Gasteiger partial charge in [0.15, 0.2) is 17.7 Å². The highest BCUT2D eigenvalue weighted by molar-refractivity contribution is 6.31. The van der Waals surface area contributed by atoms with Gasteiger partial charge in [0, 0.05) is 33.9 Å². The fraction of sp³-hybridized carbons (Fsp3) is 0.394. The molecule has 0 spiro atoms. The number of nitrogens with zero attached hydrogens (tertiary/aromatic N) is 1. The second-order valence-electron chi connectivity index (χ2n) is 11.9. The third kappa shape index (κ3) is 5.33. The quantitative estimate of drug-likeness (QED) is 0.338. The SMILES string of the molecule is Cc1cc(C(=O)N2CCc3c2cc(C)c([C@H](OC(C)(C)C)C(=O)O)c3-c2cc(F)c3c(c2C)CCCO3)ccc1Cl. The van der Waals surface area contributed by atoms with E-state index in [-0.39, 0.29) is 11.7 Å². The van der Waals surface area contributed by atoms with Gasteiger partial charge in [0.1, 0.15) is 0 Å². The van der Waals surface area contributed by atoms with Gasteiger partial charge in [0.25, 0.3) is 5.91 Å². The van der Waals surface area contributed by atoms with Gasteiger partial charge in [0.05, 0.1) is 12.2 Å². The number of carbonyl (C=O) groups is 2. The molecule has 8 heteroatoms. The van der Waals surface area contributed by atoms with Crippen LogP contribution in [0.5, 0.6) is 5.75 Å². The van der Waals surface area contributed by atoms with E-state index in [0.717, 1.165) is 28.7 Å². The van der Waals surface area contributed by atoms with Crippen LogP contribution < -0.4 is 9.64 Å². The summed E-state index contributed by atoms with van der Waals surface area (Å²) in [6.07, 6.45) is 0.612. The van der Waals surface area contributed by atoms with Gasteiger partial charge in [0.2, 0.25) is 0 Å². The normalized spacial score (nSPS) is 15.3. The highest BCUT2D eigenvalue weighted by atomic mass is 35.5. The molecule has 1 atom stereocenters. The lowest BCUT2D eigenvalue weighted by Crippen LogP contribution is -2.29. The summed E-state index contributed by atoms with van der Waals surface area (Å²) in [5.41, 5.74) is 6.01. The molecular weight excluding hydrogens is 545 g/mol. The summed E-state index contributed by atoms with van der Waals surface area (Å²) >= 11 is 6.21. The molecule has 41 heavy (non-hydrogen) atoms.